The molecule has 0 radical (unpaired) electrons. The van der Waals surface area contributed by atoms with Gasteiger partial charge in [-0.05, 0) is 18.2 Å². The van der Waals surface area contributed by atoms with E-state index in [1.165, 1.54) is 0 Å². The highest BCUT2D eigenvalue weighted by molar-refractivity contribution is 7.89. The molecule has 0 aromatic heterocycles. The first-order chi connectivity index (χ1) is 8.81. The van der Waals surface area contributed by atoms with Crippen LogP contribution in [-0.2, 0) is 19.6 Å². The molecule has 1 aromatic carbocycles. The van der Waals surface area contributed by atoms with Crippen LogP contribution >= 0.6 is 11.6 Å². The number of methoxy groups -OCH3 is 1. The SMILES string of the molecule is COC(=O)C(CO)NS(=O)(=O)c1ccc(F)cc1Cl. The van der Waals surface area contributed by atoms with Crippen LogP contribution in [0, 0.1) is 5.82 Å². The van der Waals surface area contributed by atoms with Crippen molar-refractivity contribution >= 4 is 27.6 Å². The van der Waals surface area contributed by atoms with Gasteiger partial charge in [0.05, 0.1) is 18.7 Å². The standard InChI is InChI=1S/C10H11ClFNO5S/c1-18-10(15)8(5-14)13-19(16,17)9-3-2-6(12)4-7(9)11/h2-4,8,13-14H,5H2,1H3. The van der Waals surface area contributed by atoms with Crippen LogP contribution in [0.25, 0.3) is 0 Å². The second-order valence-electron chi connectivity index (χ2n) is 3.45. The van der Waals surface area contributed by atoms with Gasteiger partial charge in [-0.1, -0.05) is 11.6 Å². The van der Waals surface area contributed by atoms with E-state index in [0.29, 0.717) is 0 Å². The lowest BCUT2D eigenvalue weighted by Crippen LogP contribution is -2.44. The first kappa shape index (κ1) is 15.8. The van der Waals surface area contributed by atoms with Crippen molar-refractivity contribution in [2.24, 2.45) is 0 Å². The zero-order valence-corrected chi connectivity index (χ0v) is 11.3. The molecule has 0 saturated carbocycles. The Morgan fingerprint density at radius 1 is 1.58 bits per heavy atom. The van der Waals surface area contributed by atoms with Crippen LogP contribution in [0.3, 0.4) is 0 Å². The third-order valence-corrected chi connectivity index (χ3v) is 4.10. The number of aliphatic hydroxyl groups is 1. The van der Waals surface area contributed by atoms with Crippen molar-refractivity contribution in [3.63, 3.8) is 0 Å². The van der Waals surface area contributed by atoms with Crippen LogP contribution in [0.4, 0.5) is 4.39 Å². The van der Waals surface area contributed by atoms with E-state index in [1.54, 1.807) is 0 Å². The Kier molecular flexibility index (Phi) is 5.24. The molecule has 0 aliphatic carbocycles. The summed E-state index contributed by atoms with van der Waals surface area (Å²) in [6.45, 7) is -0.787. The number of benzene rings is 1. The molecule has 0 bridgehead atoms. The molecule has 0 amide bonds. The van der Waals surface area contributed by atoms with Crippen LogP contribution in [0.15, 0.2) is 23.1 Å². The Balaban J connectivity index is 3.07. The highest BCUT2D eigenvalue weighted by Crippen LogP contribution is 2.22. The molecule has 0 heterocycles. The number of carbonyl (C=O) groups is 1. The lowest BCUT2D eigenvalue weighted by atomic mass is 10.3. The third kappa shape index (κ3) is 3.87. The summed E-state index contributed by atoms with van der Waals surface area (Å²) in [5.74, 6) is -1.65. The molecule has 0 aliphatic heterocycles. The summed E-state index contributed by atoms with van der Waals surface area (Å²) in [5.41, 5.74) is 0. The molecule has 9 heteroatoms. The fraction of sp³-hybridized carbons (Fsp3) is 0.300. The Hall–Kier alpha value is -1.22. The van der Waals surface area contributed by atoms with Gasteiger partial charge in [0.25, 0.3) is 0 Å². The summed E-state index contributed by atoms with van der Waals surface area (Å²) in [6.07, 6.45) is 0. The van der Waals surface area contributed by atoms with Gasteiger partial charge in [-0.3, -0.25) is 4.79 Å². The van der Waals surface area contributed by atoms with Crippen molar-refractivity contribution in [3.8, 4) is 0 Å². The lowest BCUT2D eigenvalue weighted by molar-refractivity contribution is -0.143. The average molecular weight is 312 g/mol. The molecule has 1 rings (SSSR count). The molecule has 1 unspecified atom stereocenters. The highest BCUT2D eigenvalue weighted by Gasteiger charge is 2.27. The summed E-state index contributed by atoms with van der Waals surface area (Å²) in [7, 11) is -3.14. The largest absolute Gasteiger partial charge is 0.468 e. The van der Waals surface area contributed by atoms with Gasteiger partial charge < -0.3 is 9.84 Å². The average Bonchev–Trinajstić information content (AvgIpc) is 2.34. The number of hydrogen-bond donors (Lipinski definition) is 2. The number of aliphatic hydroxyl groups excluding tert-OH is 1. The predicted octanol–water partition coefficient (Wildman–Crippen LogP) is 0.291. The van der Waals surface area contributed by atoms with Crippen LogP contribution < -0.4 is 4.72 Å². The van der Waals surface area contributed by atoms with E-state index in [9.17, 15) is 17.6 Å². The molecule has 106 valence electrons. The summed E-state index contributed by atoms with van der Waals surface area (Å²) in [5, 5.41) is 8.59. The van der Waals surface area contributed by atoms with Crippen molar-refractivity contribution in [1.82, 2.24) is 4.72 Å². The van der Waals surface area contributed by atoms with E-state index < -0.39 is 39.4 Å². The Labute approximate surface area is 114 Å². The highest BCUT2D eigenvalue weighted by atomic mass is 35.5. The fourth-order valence-electron chi connectivity index (χ4n) is 1.25. The first-order valence-electron chi connectivity index (χ1n) is 4.98. The number of nitrogens with one attached hydrogen (secondary N) is 1. The maximum atomic E-state index is 12.8. The molecule has 6 nitrogen and oxygen atoms in total. The van der Waals surface area contributed by atoms with Crippen molar-refractivity contribution in [1.29, 1.82) is 0 Å². The number of halogens is 2. The van der Waals surface area contributed by atoms with Crippen molar-refractivity contribution in [2.75, 3.05) is 13.7 Å². The van der Waals surface area contributed by atoms with Gasteiger partial charge in [0.2, 0.25) is 10.0 Å². The smallest absolute Gasteiger partial charge is 0.326 e. The van der Waals surface area contributed by atoms with E-state index in [4.69, 9.17) is 16.7 Å². The van der Waals surface area contributed by atoms with E-state index in [2.05, 4.69) is 4.74 Å². The van der Waals surface area contributed by atoms with E-state index in [1.807, 2.05) is 4.72 Å². The zero-order valence-electron chi connectivity index (χ0n) is 9.76. The molecular formula is C10H11ClFNO5S. The molecule has 1 atom stereocenters. The van der Waals surface area contributed by atoms with Gasteiger partial charge in [-0.15, -0.1) is 0 Å². The van der Waals surface area contributed by atoms with Gasteiger partial charge in [0, 0.05) is 0 Å². The maximum absolute atomic E-state index is 12.8. The van der Waals surface area contributed by atoms with Crippen LogP contribution in [0.5, 0.6) is 0 Å². The van der Waals surface area contributed by atoms with E-state index in [-0.39, 0.29) is 5.02 Å². The molecule has 1 aromatic rings. The van der Waals surface area contributed by atoms with Crippen LogP contribution in [0.2, 0.25) is 5.02 Å². The first-order valence-corrected chi connectivity index (χ1v) is 6.84. The number of carbonyl (C=O) groups excluding carboxylic acids is 1. The number of ether oxygens (including phenoxy) is 1. The van der Waals surface area contributed by atoms with Gasteiger partial charge >= 0.3 is 5.97 Å². The minimum atomic E-state index is -4.18. The lowest BCUT2D eigenvalue weighted by Gasteiger charge is -2.14. The number of rotatable bonds is 5. The Morgan fingerprint density at radius 3 is 2.68 bits per heavy atom. The summed E-state index contributed by atoms with van der Waals surface area (Å²) in [6, 6.07) is 1.22. The molecule has 19 heavy (non-hydrogen) atoms. The number of hydrogen-bond acceptors (Lipinski definition) is 5. The van der Waals surface area contributed by atoms with Crippen molar-refractivity contribution in [3.05, 3.63) is 29.0 Å². The van der Waals surface area contributed by atoms with Gasteiger partial charge in [0.1, 0.15) is 16.8 Å². The predicted molar refractivity (Wildman–Crippen MR) is 64.6 cm³/mol. The molecule has 0 fully saturated rings. The second kappa shape index (κ2) is 6.29. The van der Waals surface area contributed by atoms with Gasteiger partial charge in [-0.2, -0.15) is 4.72 Å². The zero-order chi connectivity index (χ0) is 14.6. The van der Waals surface area contributed by atoms with Crippen LogP contribution in [-0.4, -0.2) is 39.3 Å². The second-order valence-corrected chi connectivity index (χ2v) is 5.54. The monoisotopic (exact) mass is 311 g/mol. The maximum Gasteiger partial charge on any atom is 0.326 e. The molecule has 0 aliphatic rings. The molecule has 0 saturated heterocycles. The van der Waals surface area contributed by atoms with Gasteiger partial charge in [0.15, 0.2) is 0 Å². The Bertz CT molecular complexity index is 577. The topological polar surface area (TPSA) is 92.7 Å². The molecule has 2 N–H and O–H groups in total. The summed E-state index contributed by atoms with van der Waals surface area (Å²) >= 11 is 5.62. The van der Waals surface area contributed by atoms with E-state index >= 15 is 0 Å². The third-order valence-electron chi connectivity index (χ3n) is 2.15. The van der Waals surface area contributed by atoms with Crippen molar-refractivity contribution < 1.29 is 27.4 Å². The molecular weight excluding hydrogens is 301 g/mol. The summed E-state index contributed by atoms with van der Waals surface area (Å²) < 4.78 is 42.9. The Morgan fingerprint density at radius 2 is 2.21 bits per heavy atom. The van der Waals surface area contributed by atoms with Crippen LogP contribution in [0.1, 0.15) is 0 Å². The van der Waals surface area contributed by atoms with Crippen molar-refractivity contribution in [2.45, 2.75) is 10.9 Å². The minimum absolute atomic E-state index is 0.339. The normalized spacial score (nSPS) is 13.1. The van der Waals surface area contributed by atoms with Gasteiger partial charge in [-0.25, -0.2) is 12.8 Å². The minimum Gasteiger partial charge on any atom is -0.468 e. The summed E-state index contributed by atoms with van der Waals surface area (Å²) in [4.78, 5) is 10.8. The fourth-order valence-corrected chi connectivity index (χ4v) is 2.95. The number of sulfonamides is 1. The van der Waals surface area contributed by atoms with E-state index in [0.717, 1.165) is 25.3 Å². The number of esters is 1. The quantitative estimate of drug-likeness (QED) is 0.763. The molecule has 0 spiro atoms.